The first-order valence-corrected chi connectivity index (χ1v) is 7.80. The van der Waals surface area contributed by atoms with Crippen molar-refractivity contribution in [1.29, 1.82) is 0 Å². The molecule has 0 bridgehead atoms. The Hall–Kier alpha value is -3.25. The Morgan fingerprint density at radius 1 is 0.920 bits per heavy atom. The van der Waals surface area contributed by atoms with Crippen LogP contribution in [0.3, 0.4) is 0 Å². The molecular formula is C19H17N3O3. The van der Waals surface area contributed by atoms with Gasteiger partial charge in [0.15, 0.2) is 0 Å². The van der Waals surface area contributed by atoms with Crippen molar-refractivity contribution in [3.8, 4) is 0 Å². The topological polar surface area (TPSA) is 95.1 Å². The molecule has 0 radical (unpaired) electrons. The molecule has 0 unspecified atom stereocenters. The second-order valence-electron chi connectivity index (χ2n) is 5.52. The molecule has 0 aliphatic heterocycles. The second kappa shape index (κ2) is 7.55. The van der Waals surface area contributed by atoms with Crippen LogP contribution in [0.4, 0.5) is 0 Å². The van der Waals surface area contributed by atoms with E-state index in [0.717, 1.165) is 5.56 Å². The molecule has 2 aromatic carbocycles. The number of amides is 1. The van der Waals surface area contributed by atoms with Gasteiger partial charge in [-0.05, 0) is 17.2 Å². The van der Waals surface area contributed by atoms with Crippen LogP contribution in [0.15, 0.2) is 77.6 Å². The molecule has 6 nitrogen and oxygen atoms in total. The molecule has 2 atom stereocenters. The summed E-state index contributed by atoms with van der Waals surface area (Å²) in [6.07, 6.45) is -0.935. The molecule has 0 aliphatic carbocycles. The molecule has 0 aliphatic rings. The quantitative estimate of drug-likeness (QED) is 0.664. The van der Waals surface area contributed by atoms with Gasteiger partial charge in [0.1, 0.15) is 11.8 Å². The first-order chi connectivity index (χ1) is 12.1. The zero-order valence-electron chi connectivity index (χ0n) is 13.3. The number of nitrogens with zero attached hydrogens (tertiary/aromatic N) is 1. The van der Waals surface area contributed by atoms with Gasteiger partial charge in [0.25, 0.3) is 11.5 Å². The minimum atomic E-state index is -0.935. The van der Waals surface area contributed by atoms with Crippen LogP contribution in [0.25, 0.3) is 0 Å². The van der Waals surface area contributed by atoms with Gasteiger partial charge in [-0.3, -0.25) is 9.59 Å². The molecule has 1 amide bonds. The van der Waals surface area contributed by atoms with Crippen molar-refractivity contribution in [2.45, 2.75) is 12.1 Å². The largest absolute Gasteiger partial charge is 0.386 e. The lowest BCUT2D eigenvalue weighted by Gasteiger charge is -2.25. The van der Waals surface area contributed by atoms with Gasteiger partial charge in [-0.2, -0.15) is 5.10 Å². The molecule has 3 N–H and O–H groups in total. The third kappa shape index (κ3) is 3.99. The Morgan fingerprint density at radius 3 is 2.08 bits per heavy atom. The van der Waals surface area contributed by atoms with Gasteiger partial charge in [-0.25, -0.2) is 5.10 Å². The average Bonchev–Trinajstić information content (AvgIpc) is 2.67. The van der Waals surface area contributed by atoms with E-state index in [2.05, 4.69) is 15.5 Å². The van der Waals surface area contributed by atoms with E-state index in [-0.39, 0.29) is 11.3 Å². The molecule has 0 fully saturated rings. The third-order valence-corrected chi connectivity index (χ3v) is 3.81. The number of benzene rings is 2. The van der Waals surface area contributed by atoms with Gasteiger partial charge in [0.2, 0.25) is 0 Å². The predicted molar refractivity (Wildman–Crippen MR) is 92.9 cm³/mol. The van der Waals surface area contributed by atoms with Crippen molar-refractivity contribution >= 4 is 5.91 Å². The summed E-state index contributed by atoms with van der Waals surface area (Å²) >= 11 is 0. The normalized spacial score (nSPS) is 13.0. The second-order valence-corrected chi connectivity index (χ2v) is 5.52. The fourth-order valence-electron chi connectivity index (χ4n) is 2.53. The maximum Gasteiger partial charge on any atom is 0.272 e. The van der Waals surface area contributed by atoms with E-state index in [1.54, 1.807) is 12.1 Å². The molecule has 6 heteroatoms. The number of carbonyl (C=O) groups excluding carboxylic acids is 1. The van der Waals surface area contributed by atoms with E-state index >= 15 is 0 Å². The fraction of sp³-hybridized carbons (Fsp3) is 0.105. The molecule has 1 heterocycles. The minimum absolute atomic E-state index is 0.0702. The van der Waals surface area contributed by atoms with Gasteiger partial charge >= 0.3 is 0 Å². The lowest BCUT2D eigenvalue weighted by Crippen LogP contribution is -2.33. The summed E-state index contributed by atoms with van der Waals surface area (Å²) in [5.74, 6) is -0.486. The molecule has 0 saturated heterocycles. The SMILES string of the molecule is O=C(N[C@H](c1ccccc1)[C@@H](O)c1ccccc1)c1ccc(=O)[nH]n1. The monoisotopic (exact) mass is 335 g/mol. The van der Waals surface area contributed by atoms with Crippen LogP contribution in [0.1, 0.15) is 33.8 Å². The summed E-state index contributed by atoms with van der Waals surface area (Å²) in [7, 11) is 0. The van der Waals surface area contributed by atoms with Crippen molar-refractivity contribution in [2.75, 3.05) is 0 Å². The van der Waals surface area contributed by atoms with Gasteiger partial charge in [-0.15, -0.1) is 0 Å². The highest BCUT2D eigenvalue weighted by atomic mass is 16.3. The Kier molecular flexibility index (Phi) is 5.01. The Labute approximate surface area is 144 Å². The summed E-state index contributed by atoms with van der Waals surface area (Å²) in [6, 6.07) is 20.2. The van der Waals surface area contributed by atoms with Crippen LogP contribution in [-0.2, 0) is 0 Å². The number of rotatable bonds is 5. The summed E-state index contributed by atoms with van der Waals surface area (Å²) < 4.78 is 0. The number of aliphatic hydroxyl groups is 1. The lowest BCUT2D eigenvalue weighted by atomic mass is 9.95. The molecule has 126 valence electrons. The zero-order chi connectivity index (χ0) is 17.6. The van der Waals surface area contributed by atoms with E-state index in [9.17, 15) is 14.7 Å². The average molecular weight is 335 g/mol. The third-order valence-electron chi connectivity index (χ3n) is 3.81. The van der Waals surface area contributed by atoms with Crippen LogP contribution < -0.4 is 10.9 Å². The Balaban J connectivity index is 1.90. The molecule has 1 aromatic heterocycles. The molecule has 3 aromatic rings. The highest BCUT2D eigenvalue weighted by molar-refractivity contribution is 5.92. The molecule has 0 saturated carbocycles. The number of carbonyl (C=O) groups is 1. The van der Waals surface area contributed by atoms with Gasteiger partial charge < -0.3 is 10.4 Å². The van der Waals surface area contributed by atoms with Gasteiger partial charge in [0.05, 0.1) is 6.04 Å². The summed E-state index contributed by atoms with van der Waals surface area (Å²) in [6.45, 7) is 0. The van der Waals surface area contributed by atoms with E-state index in [1.165, 1.54) is 12.1 Å². The predicted octanol–water partition coefficient (Wildman–Crippen LogP) is 1.97. The first kappa shape index (κ1) is 16.6. The number of H-pyrrole nitrogens is 1. The van der Waals surface area contributed by atoms with Crippen molar-refractivity contribution in [3.05, 3.63) is 100.0 Å². The van der Waals surface area contributed by atoms with Crippen molar-refractivity contribution in [1.82, 2.24) is 15.5 Å². The molecule has 3 rings (SSSR count). The number of nitrogens with one attached hydrogen (secondary N) is 2. The summed E-state index contributed by atoms with van der Waals surface area (Å²) in [5.41, 5.74) is 1.13. The van der Waals surface area contributed by atoms with Crippen molar-refractivity contribution in [3.63, 3.8) is 0 Å². The van der Waals surface area contributed by atoms with Crippen LogP contribution in [-0.4, -0.2) is 21.2 Å². The molecule has 25 heavy (non-hydrogen) atoms. The van der Waals surface area contributed by atoms with Crippen LogP contribution >= 0.6 is 0 Å². The number of aromatic amines is 1. The van der Waals surface area contributed by atoms with Crippen molar-refractivity contribution in [2.24, 2.45) is 0 Å². The van der Waals surface area contributed by atoms with E-state index in [1.807, 2.05) is 48.5 Å². The fourth-order valence-corrected chi connectivity index (χ4v) is 2.53. The summed E-state index contributed by atoms with van der Waals surface area (Å²) in [4.78, 5) is 23.6. The minimum Gasteiger partial charge on any atom is -0.386 e. The maximum absolute atomic E-state index is 12.5. The lowest BCUT2D eigenvalue weighted by molar-refractivity contribution is 0.0826. The van der Waals surface area contributed by atoms with E-state index in [0.29, 0.717) is 5.56 Å². The number of aromatic nitrogens is 2. The highest BCUT2D eigenvalue weighted by Crippen LogP contribution is 2.28. The molecule has 0 spiro atoms. The molecular weight excluding hydrogens is 318 g/mol. The summed E-state index contributed by atoms with van der Waals surface area (Å²) in [5, 5.41) is 19.5. The number of aliphatic hydroxyl groups excluding tert-OH is 1. The zero-order valence-corrected chi connectivity index (χ0v) is 13.3. The van der Waals surface area contributed by atoms with Gasteiger partial charge in [-0.1, -0.05) is 60.7 Å². The smallest absolute Gasteiger partial charge is 0.272 e. The van der Waals surface area contributed by atoms with E-state index < -0.39 is 18.1 Å². The number of hydrogen-bond donors (Lipinski definition) is 3. The highest BCUT2D eigenvalue weighted by Gasteiger charge is 2.25. The standard InChI is InChI=1S/C19H17N3O3/c23-16-12-11-15(21-22-16)19(25)20-17(13-7-3-1-4-8-13)18(24)14-9-5-2-6-10-14/h1-12,17-18,24H,(H,20,25)(H,22,23)/t17-,18+/m1/s1. The van der Waals surface area contributed by atoms with Gasteiger partial charge in [0, 0.05) is 6.07 Å². The first-order valence-electron chi connectivity index (χ1n) is 7.80. The van der Waals surface area contributed by atoms with Crippen molar-refractivity contribution < 1.29 is 9.90 Å². The Bertz CT molecular complexity index is 874. The maximum atomic E-state index is 12.5. The van der Waals surface area contributed by atoms with Crippen LogP contribution in [0.5, 0.6) is 0 Å². The van der Waals surface area contributed by atoms with Crippen LogP contribution in [0, 0.1) is 0 Å². The Morgan fingerprint density at radius 2 is 1.52 bits per heavy atom. The van der Waals surface area contributed by atoms with E-state index in [4.69, 9.17) is 0 Å². The number of hydrogen-bond acceptors (Lipinski definition) is 4. The van der Waals surface area contributed by atoms with Crippen LogP contribution in [0.2, 0.25) is 0 Å².